The van der Waals surface area contributed by atoms with Crippen LogP contribution in [-0.4, -0.2) is 16.2 Å². The van der Waals surface area contributed by atoms with Gasteiger partial charge in [0.25, 0.3) is 0 Å². The SMILES string of the molecule is CC(C)Oc1ccc(N2C(=S)N[C@@H](c3ccccn3)[C@@H]2c2ccc(-c3ccc(Br)cc3)o2)cc1. The zero-order chi connectivity index (χ0) is 23.7. The minimum absolute atomic E-state index is 0.113. The van der Waals surface area contributed by atoms with Crippen LogP contribution in [0.2, 0.25) is 0 Å². The number of nitrogens with zero attached hydrogens (tertiary/aromatic N) is 2. The van der Waals surface area contributed by atoms with Crippen LogP contribution in [0.1, 0.15) is 37.4 Å². The second-order valence-electron chi connectivity index (χ2n) is 8.37. The van der Waals surface area contributed by atoms with Crippen molar-refractivity contribution in [1.82, 2.24) is 10.3 Å². The molecule has 5 nitrogen and oxygen atoms in total. The third-order valence-electron chi connectivity index (χ3n) is 5.63. The molecular weight excluding hydrogens is 510 g/mol. The Bertz CT molecular complexity index is 1270. The van der Waals surface area contributed by atoms with Crippen molar-refractivity contribution >= 4 is 38.9 Å². The smallest absolute Gasteiger partial charge is 0.174 e. The molecule has 2 aromatic heterocycles. The van der Waals surface area contributed by atoms with Crippen LogP contribution in [-0.2, 0) is 0 Å². The van der Waals surface area contributed by atoms with Gasteiger partial charge in [-0.15, -0.1) is 0 Å². The first-order valence-electron chi connectivity index (χ1n) is 11.1. The number of anilines is 1. The number of pyridine rings is 1. The fourth-order valence-corrected chi connectivity index (χ4v) is 4.77. The van der Waals surface area contributed by atoms with Crippen LogP contribution in [0.5, 0.6) is 5.75 Å². The van der Waals surface area contributed by atoms with E-state index in [1.54, 1.807) is 6.20 Å². The molecule has 1 fully saturated rings. The summed E-state index contributed by atoms with van der Waals surface area (Å²) >= 11 is 9.30. The first-order chi connectivity index (χ1) is 16.5. The van der Waals surface area contributed by atoms with E-state index in [9.17, 15) is 0 Å². The summed E-state index contributed by atoms with van der Waals surface area (Å²) in [6.07, 6.45) is 1.91. The molecule has 0 aliphatic carbocycles. The molecule has 5 rings (SSSR count). The van der Waals surface area contributed by atoms with Crippen molar-refractivity contribution < 1.29 is 9.15 Å². The fourth-order valence-electron chi connectivity index (χ4n) is 4.16. The highest BCUT2D eigenvalue weighted by molar-refractivity contribution is 9.10. The van der Waals surface area contributed by atoms with Crippen molar-refractivity contribution in [1.29, 1.82) is 0 Å². The Morgan fingerprint density at radius 3 is 2.44 bits per heavy atom. The lowest BCUT2D eigenvalue weighted by atomic mass is 10.0. The van der Waals surface area contributed by atoms with Gasteiger partial charge in [0.15, 0.2) is 5.11 Å². The number of benzene rings is 2. The summed E-state index contributed by atoms with van der Waals surface area (Å²) in [6.45, 7) is 4.03. The number of aromatic nitrogens is 1. The van der Waals surface area contributed by atoms with Crippen LogP contribution < -0.4 is 15.0 Å². The van der Waals surface area contributed by atoms with Crippen molar-refractivity contribution in [2.24, 2.45) is 0 Å². The molecule has 4 aromatic rings. The zero-order valence-electron chi connectivity index (χ0n) is 18.8. The quantitative estimate of drug-likeness (QED) is 0.267. The molecule has 0 amide bonds. The summed E-state index contributed by atoms with van der Waals surface area (Å²) in [4.78, 5) is 6.70. The van der Waals surface area contributed by atoms with Gasteiger partial charge in [-0.25, -0.2) is 0 Å². The largest absolute Gasteiger partial charge is 0.491 e. The second kappa shape index (κ2) is 9.60. The normalized spacial score (nSPS) is 17.8. The number of furan rings is 1. The average Bonchev–Trinajstić information content (AvgIpc) is 3.45. The van der Waals surface area contributed by atoms with Crippen LogP contribution in [0, 0.1) is 0 Å². The van der Waals surface area contributed by atoms with Gasteiger partial charge in [-0.1, -0.05) is 34.1 Å². The molecule has 2 atom stereocenters. The highest BCUT2D eigenvalue weighted by atomic mass is 79.9. The van der Waals surface area contributed by atoms with Gasteiger partial charge in [0.1, 0.15) is 23.3 Å². The molecule has 0 spiro atoms. The standard InChI is InChI=1S/C27H24BrN3O2S/c1-17(2)32-21-12-10-20(11-13-21)31-26(25(30-27(31)34)22-5-3-4-16-29-22)24-15-14-23(33-24)18-6-8-19(28)9-7-18/h3-17,25-26H,1-2H3,(H,30,34)/t25-,26-/m0/s1. The van der Waals surface area contributed by atoms with E-state index in [0.717, 1.165) is 38.7 Å². The molecule has 0 unspecified atom stereocenters. The van der Waals surface area contributed by atoms with Crippen molar-refractivity contribution in [3.8, 4) is 17.1 Å². The molecule has 2 aromatic carbocycles. The lowest BCUT2D eigenvalue weighted by Gasteiger charge is -2.26. The van der Waals surface area contributed by atoms with Gasteiger partial charge in [0, 0.05) is 21.9 Å². The van der Waals surface area contributed by atoms with Crippen LogP contribution >= 0.6 is 28.1 Å². The van der Waals surface area contributed by atoms with Crippen LogP contribution in [0.3, 0.4) is 0 Å². The van der Waals surface area contributed by atoms with Gasteiger partial charge in [0.2, 0.25) is 0 Å². The number of hydrogen-bond donors (Lipinski definition) is 1. The second-order valence-corrected chi connectivity index (χ2v) is 9.67. The summed E-state index contributed by atoms with van der Waals surface area (Å²) in [5.41, 5.74) is 2.87. The molecule has 1 N–H and O–H groups in total. The van der Waals surface area contributed by atoms with Gasteiger partial charge >= 0.3 is 0 Å². The monoisotopic (exact) mass is 533 g/mol. The summed E-state index contributed by atoms with van der Waals surface area (Å²) in [7, 11) is 0. The van der Waals surface area contributed by atoms with Crippen molar-refractivity contribution in [3.63, 3.8) is 0 Å². The van der Waals surface area contributed by atoms with E-state index >= 15 is 0 Å². The maximum absolute atomic E-state index is 6.41. The average molecular weight is 534 g/mol. The zero-order valence-corrected chi connectivity index (χ0v) is 21.2. The highest BCUT2D eigenvalue weighted by Crippen LogP contribution is 2.43. The molecule has 1 saturated heterocycles. The number of hydrogen-bond acceptors (Lipinski definition) is 4. The van der Waals surface area contributed by atoms with Gasteiger partial charge < -0.3 is 19.4 Å². The van der Waals surface area contributed by atoms with E-state index in [4.69, 9.17) is 21.4 Å². The van der Waals surface area contributed by atoms with Crippen LogP contribution in [0.15, 0.2) is 93.9 Å². The van der Waals surface area contributed by atoms with Gasteiger partial charge in [-0.3, -0.25) is 4.98 Å². The van der Waals surface area contributed by atoms with Gasteiger partial charge in [-0.05, 0) is 86.7 Å². The molecule has 3 heterocycles. The Morgan fingerprint density at radius 2 is 1.76 bits per heavy atom. The van der Waals surface area contributed by atoms with E-state index < -0.39 is 0 Å². The fraction of sp³-hybridized carbons (Fsp3) is 0.185. The Morgan fingerprint density at radius 1 is 1.00 bits per heavy atom. The molecular formula is C27H24BrN3O2S. The molecule has 0 bridgehead atoms. The number of ether oxygens (including phenoxy) is 1. The first kappa shape index (κ1) is 22.6. The summed E-state index contributed by atoms with van der Waals surface area (Å²) in [5, 5.41) is 4.09. The highest BCUT2D eigenvalue weighted by Gasteiger charge is 2.42. The maximum atomic E-state index is 6.41. The van der Waals surface area contributed by atoms with Crippen molar-refractivity contribution in [3.05, 3.63) is 101 Å². The van der Waals surface area contributed by atoms with Crippen LogP contribution in [0.4, 0.5) is 5.69 Å². The molecule has 7 heteroatoms. The number of halogens is 1. The van der Waals surface area contributed by atoms with Gasteiger partial charge in [-0.2, -0.15) is 0 Å². The predicted octanol–water partition coefficient (Wildman–Crippen LogP) is 7.07. The van der Waals surface area contributed by atoms with Crippen molar-refractivity contribution in [2.45, 2.75) is 32.0 Å². The Balaban J connectivity index is 1.54. The third kappa shape index (κ3) is 4.58. The summed E-state index contributed by atoms with van der Waals surface area (Å²) in [6, 6.07) is 25.6. The lowest BCUT2D eigenvalue weighted by molar-refractivity contribution is 0.242. The van der Waals surface area contributed by atoms with E-state index in [-0.39, 0.29) is 18.2 Å². The minimum atomic E-state index is -0.205. The third-order valence-corrected chi connectivity index (χ3v) is 6.48. The maximum Gasteiger partial charge on any atom is 0.174 e. The minimum Gasteiger partial charge on any atom is -0.491 e. The number of thiocarbonyl (C=S) groups is 1. The van der Waals surface area contributed by atoms with E-state index in [0.29, 0.717) is 5.11 Å². The Labute approximate surface area is 212 Å². The molecule has 0 radical (unpaired) electrons. The topological polar surface area (TPSA) is 50.5 Å². The Kier molecular flexibility index (Phi) is 6.39. The van der Waals surface area contributed by atoms with Gasteiger partial charge in [0.05, 0.1) is 17.8 Å². The number of rotatable bonds is 6. The molecule has 1 aliphatic rings. The molecule has 34 heavy (non-hydrogen) atoms. The molecule has 172 valence electrons. The predicted molar refractivity (Wildman–Crippen MR) is 142 cm³/mol. The summed E-state index contributed by atoms with van der Waals surface area (Å²) in [5.74, 6) is 2.44. The van der Waals surface area contributed by atoms with Crippen molar-refractivity contribution in [2.75, 3.05) is 4.90 Å². The lowest BCUT2D eigenvalue weighted by Crippen LogP contribution is -2.29. The van der Waals surface area contributed by atoms with E-state index in [2.05, 4.69) is 31.1 Å². The number of nitrogens with one attached hydrogen (secondary N) is 1. The Hall–Kier alpha value is -3.16. The first-order valence-corrected chi connectivity index (χ1v) is 12.3. The van der Waals surface area contributed by atoms with Crippen LogP contribution in [0.25, 0.3) is 11.3 Å². The molecule has 0 saturated carbocycles. The van der Waals surface area contributed by atoms with E-state index in [1.165, 1.54) is 0 Å². The summed E-state index contributed by atoms with van der Waals surface area (Å²) < 4.78 is 13.3. The van der Waals surface area contributed by atoms with E-state index in [1.807, 2.05) is 92.7 Å². The molecule has 1 aliphatic heterocycles.